The van der Waals surface area contributed by atoms with E-state index in [1.54, 1.807) is 43.3 Å². The minimum Gasteiger partial charge on any atom is -0.454 e. The Kier molecular flexibility index (Phi) is 7.27. The zero-order valence-corrected chi connectivity index (χ0v) is 23.5. The number of ether oxygens (including phenoxy) is 3. The summed E-state index contributed by atoms with van der Waals surface area (Å²) in [4.78, 5) is 36.1. The number of fused-ring (bicyclic) bond motifs is 2. The molecule has 8 heteroatoms. The van der Waals surface area contributed by atoms with Crippen LogP contribution in [0.2, 0.25) is 0 Å². The summed E-state index contributed by atoms with van der Waals surface area (Å²) in [5.41, 5.74) is 7.64. The van der Waals surface area contributed by atoms with Crippen LogP contribution in [-0.2, 0) is 9.53 Å². The number of aryl methyl sites for hydroxylation is 2. The topological polar surface area (TPSA) is 99.6 Å². The molecule has 8 nitrogen and oxygen atoms in total. The summed E-state index contributed by atoms with van der Waals surface area (Å²) in [7, 11) is 0. The first-order valence-corrected chi connectivity index (χ1v) is 13.8. The first-order chi connectivity index (χ1) is 20.4. The van der Waals surface area contributed by atoms with Gasteiger partial charge in [-0.3, -0.25) is 4.79 Å². The van der Waals surface area contributed by atoms with Crippen LogP contribution in [0.15, 0.2) is 84.9 Å². The molecule has 1 N–H and O–H groups in total. The summed E-state index contributed by atoms with van der Waals surface area (Å²) in [6.45, 7) is 6.00. The number of rotatable bonds is 7. The van der Waals surface area contributed by atoms with Gasteiger partial charge in [-0.25, -0.2) is 14.8 Å². The highest BCUT2D eigenvalue weighted by Gasteiger charge is 2.24. The molecule has 0 radical (unpaired) electrons. The van der Waals surface area contributed by atoms with Crippen LogP contribution in [0.1, 0.15) is 34.8 Å². The fourth-order valence-corrected chi connectivity index (χ4v) is 4.72. The second kappa shape index (κ2) is 11.3. The lowest BCUT2D eigenvalue weighted by atomic mass is 10.0. The molecule has 5 aromatic rings. The van der Waals surface area contributed by atoms with Crippen LogP contribution in [0.4, 0.5) is 5.69 Å². The second-order valence-corrected chi connectivity index (χ2v) is 10.2. The highest BCUT2D eigenvalue weighted by Crippen LogP contribution is 2.35. The largest absolute Gasteiger partial charge is 0.454 e. The number of carbonyl (C=O) groups excluding carboxylic acids is 2. The Morgan fingerprint density at radius 1 is 0.786 bits per heavy atom. The van der Waals surface area contributed by atoms with Crippen LogP contribution in [0.3, 0.4) is 0 Å². The van der Waals surface area contributed by atoms with Crippen molar-refractivity contribution < 1.29 is 23.8 Å². The van der Waals surface area contributed by atoms with Crippen LogP contribution in [-0.4, -0.2) is 34.7 Å². The van der Waals surface area contributed by atoms with E-state index in [1.807, 2.05) is 62.4 Å². The Labute approximate surface area is 243 Å². The van der Waals surface area contributed by atoms with Crippen molar-refractivity contribution in [3.63, 3.8) is 0 Å². The summed E-state index contributed by atoms with van der Waals surface area (Å²) >= 11 is 0. The zero-order chi connectivity index (χ0) is 29.2. The van der Waals surface area contributed by atoms with E-state index in [0.29, 0.717) is 40.3 Å². The number of aromatic nitrogens is 2. The number of benzene rings is 4. The third-order valence-electron chi connectivity index (χ3n) is 7.10. The number of hydrogen-bond acceptors (Lipinski definition) is 7. The summed E-state index contributed by atoms with van der Waals surface area (Å²) < 4.78 is 16.3. The number of hydrogen-bond donors (Lipinski definition) is 1. The number of esters is 1. The Balaban J connectivity index is 1.28. The van der Waals surface area contributed by atoms with Crippen LogP contribution in [0.5, 0.6) is 11.5 Å². The van der Waals surface area contributed by atoms with Gasteiger partial charge in [-0.15, -0.1) is 0 Å². The molecule has 0 fully saturated rings. The van der Waals surface area contributed by atoms with Crippen molar-refractivity contribution in [3.05, 3.63) is 102 Å². The van der Waals surface area contributed by atoms with Gasteiger partial charge in [0.2, 0.25) is 6.79 Å². The summed E-state index contributed by atoms with van der Waals surface area (Å²) in [5, 5.41) is 2.79. The molecule has 1 aromatic heterocycles. The van der Waals surface area contributed by atoms with Crippen LogP contribution < -0.4 is 14.8 Å². The molecule has 1 amide bonds. The second-order valence-electron chi connectivity index (χ2n) is 10.2. The molecule has 1 aliphatic rings. The van der Waals surface area contributed by atoms with Crippen molar-refractivity contribution in [3.8, 4) is 34.0 Å². The van der Waals surface area contributed by atoms with Gasteiger partial charge in [0.05, 0.1) is 28.0 Å². The Bertz CT molecular complexity index is 1800. The lowest BCUT2D eigenvalue weighted by molar-refractivity contribution is -0.124. The maximum Gasteiger partial charge on any atom is 0.338 e. The van der Waals surface area contributed by atoms with E-state index in [4.69, 9.17) is 24.2 Å². The lowest BCUT2D eigenvalue weighted by Gasteiger charge is -2.16. The van der Waals surface area contributed by atoms with Gasteiger partial charge in [-0.05, 0) is 50.6 Å². The molecule has 4 aromatic carbocycles. The number of anilines is 1. The smallest absolute Gasteiger partial charge is 0.338 e. The SMILES string of the molecule is CCC(OC(=O)c1ccc2nc(-c3ccc(C)cc3)c(-c3ccc(C)cc3)nc2c1)C(=O)Nc1ccc2c(c1)OCO2. The van der Waals surface area contributed by atoms with Gasteiger partial charge in [0.1, 0.15) is 0 Å². The van der Waals surface area contributed by atoms with Gasteiger partial charge in [0.15, 0.2) is 17.6 Å². The normalized spacial score (nSPS) is 12.6. The number of carbonyl (C=O) groups is 2. The van der Waals surface area contributed by atoms with Gasteiger partial charge in [0.25, 0.3) is 5.91 Å². The van der Waals surface area contributed by atoms with E-state index in [-0.39, 0.29) is 12.4 Å². The molecule has 6 rings (SSSR count). The van der Waals surface area contributed by atoms with E-state index in [0.717, 1.165) is 27.9 Å². The first kappa shape index (κ1) is 27.0. The molecule has 0 saturated carbocycles. The molecule has 210 valence electrons. The van der Waals surface area contributed by atoms with Crippen LogP contribution in [0.25, 0.3) is 33.5 Å². The molecule has 2 heterocycles. The molecular weight excluding hydrogens is 530 g/mol. The van der Waals surface area contributed by atoms with E-state index < -0.39 is 18.0 Å². The molecular formula is C34H29N3O5. The van der Waals surface area contributed by atoms with Gasteiger partial charge < -0.3 is 19.5 Å². The molecule has 0 spiro atoms. The van der Waals surface area contributed by atoms with Gasteiger partial charge >= 0.3 is 5.97 Å². The fraction of sp³-hybridized carbons (Fsp3) is 0.176. The Hall–Kier alpha value is -5.24. The van der Waals surface area contributed by atoms with Crippen molar-refractivity contribution >= 4 is 28.6 Å². The molecule has 1 atom stereocenters. The average molecular weight is 560 g/mol. The quantitative estimate of drug-likeness (QED) is 0.217. The predicted molar refractivity (Wildman–Crippen MR) is 161 cm³/mol. The Morgan fingerprint density at radius 2 is 1.40 bits per heavy atom. The third kappa shape index (κ3) is 5.51. The maximum absolute atomic E-state index is 13.2. The number of nitrogens with one attached hydrogen (secondary N) is 1. The molecule has 1 aliphatic heterocycles. The van der Waals surface area contributed by atoms with Crippen LogP contribution >= 0.6 is 0 Å². The molecule has 0 bridgehead atoms. The van der Waals surface area contributed by atoms with E-state index in [1.165, 1.54) is 0 Å². The van der Waals surface area contributed by atoms with E-state index >= 15 is 0 Å². The number of nitrogens with zero attached hydrogens (tertiary/aromatic N) is 2. The monoisotopic (exact) mass is 559 g/mol. The van der Waals surface area contributed by atoms with Crippen molar-refractivity contribution in [1.82, 2.24) is 9.97 Å². The summed E-state index contributed by atoms with van der Waals surface area (Å²) in [6.07, 6.45) is -0.691. The highest BCUT2D eigenvalue weighted by molar-refractivity contribution is 5.99. The average Bonchev–Trinajstić information content (AvgIpc) is 3.47. The van der Waals surface area contributed by atoms with Gasteiger partial charge in [-0.1, -0.05) is 66.6 Å². The van der Waals surface area contributed by atoms with Crippen molar-refractivity contribution in [2.75, 3.05) is 12.1 Å². The van der Waals surface area contributed by atoms with Crippen LogP contribution in [0, 0.1) is 13.8 Å². The molecule has 1 unspecified atom stereocenters. The van der Waals surface area contributed by atoms with Crippen molar-refractivity contribution in [1.29, 1.82) is 0 Å². The fourth-order valence-electron chi connectivity index (χ4n) is 4.72. The maximum atomic E-state index is 13.2. The minimum atomic E-state index is -0.989. The minimum absolute atomic E-state index is 0.137. The predicted octanol–water partition coefficient (Wildman–Crippen LogP) is 6.88. The first-order valence-electron chi connectivity index (χ1n) is 13.8. The molecule has 0 aliphatic carbocycles. The molecule has 0 saturated heterocycles. The Morgan fingerprint density at radius 3 is 2.05 bits per heavy atom. The van der Waals surface area contributed by atoms with E-state index in [2.05, 4.69) is 5.32 Å². The summed E-state index contributed by atoms with van der Waals surface area (Å²) in [5.74, 6) is 0.105. The highest BCUT2D eigenvalue weighted by atomic mass is 16.7. The molecule has 42 heavy (non-hydrogen) atoms. The van der Waals surface area contributed by atoms with Crippen molar-refractivity contribution in [2.24, 2.45) is 0 Å². The van der Waals surface area contributed by atoms with E-state index in [9.17, 15) is 9.59 Å². The zero-order valence-electron chi connectivity index (χ0n) is 23.5. The lowest BCUT2D eigenvalue weighted by Crippen LogP contribution is -2.32. The van der Waals surface area contributed by atoms with Crippen molar-refractivity contribution in [2.45, 2.75) is 33.3 Å². The van der Waals surface area contributed by atoms with Gasteiger partial charge in [0, 0.05) is 22.9 Å². The number of amides is 1. The third-order valence-corrected chi connectivity index (χ3v) is 7.10. The summed E-state index contributed by atoms with van der Waals surface area (Å²) in [6, 6.07) is 26.4. The van der Waals surface area contributed by atoms with Gasteiger partial charge in [-0.2, -0.15) is 0 Å². The standard InChI is InChI=1S/C34H29N3O5/c1-4-28(33(38)35-25-14-16-29-30(18-25)41-19-40-29)42-34(39)24-13-15-26-27(17-24)37-32(23-11-7-21(3)8-12-23)31(36-26)22-9-5-20(2)6-10-22/h5-18,28H,4,19H2,1-3H3,(H,35,38).